The summed E-state index contributed by atoms with van der Waals surface area (Å²) in [6, 6.07) is 4.67. The lowest BCUT2D eigenvalue weighted by atomic mass is 10.2. The number of carbonyl (C=O) groups excluding carboxylic acids is 1. The van der Waals surface area contributed by atoms with Crippen LogP contribution in [0, 0.1) is 5.82 Å². The minimum Gasteiger partial charge on any atom is -0.367 e. The Morgan fingerprint density at radius 1 is 1.28 bits per heavy atom. The number of piperazine rings is 1. The highest BCUT2D eigenvalue weighted by Crippen LogP contribution is 2.23. The van der Waals surface area contributed by atoms with Crippen LogP contribution in [0.25, 0.3) is 0 Å². The molecule has 98 valence electrons. The van der Waals surface area contributed by atoms with E-state index in [2.05, 4.69) is 0 Å². The molecule has 2 rings (SSSR count). The predicted octanol–water partition coefficient (Wildman–Crippen LogP) is 2.37. The number of carbonyl (C=O) groups is 1. The van der Waals surface area contributed by atoms with E-state index in [0.29, 0.717) is 36.9 Å². The SMILES string of the molecule is O=C(Cl)CN1CCN(c2ccc(Cl)cc2F)CC1. The molecular formula is C12H13Cl2FN2O. The van der Waals surface area contributed by atoms with Crippen LogP contribution in [0.4, 0.5) is 10.1 Å². The van der Waals surface area contributed by atoms with Gasteiger partial charge in [-0.3, -0.25) is 9.69 Å². The van der Waals surface area contributed by atoms with Crippen LogP contribution in [-0.2, 0) is 4.79 Å². The van der Waals surface area contributed by atoms with Gasteiger partial charge in [0.15, 0.2) is 0 Å². The van der Waals surface area contributed by atoms with Crippen LogP contribution in [0.5, 0.6) is 0 Å². The van der Waals surface area contributed by atoms with Crippen molar-refractivity contribution >= 4 is 34.1 Å². The number of hydrogen-bond acceptors (Lipinski definition) is 3. The third-order valence-electron chi connectivity index (χ3n) is 2.97. The van der Waals surface area contributed by atoms with Crippen molar-refractivity contribution < 1.29 is 9.18 Å². The molecule has 0 unspecified atom stereocenters. The van der Waals surface area contributed by atoms with Gasteiger partial charge in [0, 0.05) is 31.2 Å². The van der Waals surface area contributed by atoms with E-state index in [1.807, 2.05) is 9.80 Å². The molecule has 1 aromatic rings. The fraction of sp³-hybridized carbons (Fsp3) is 0.417. The quantitative estimate of drug-likeness (QED) is 0.799. The van der Waals surface area contributed by atoms with Crippen molar-refractivity contribution in [1.29, 1.82) is 0 Å². The Labute approximate surface area is 115 Å². The standard InChI is InChI=1S/C12H13Cl2FN2O/c13-9-1-2-11(10(15)7-9)17-5-3-16(4-6-17)8-12(14)18/h1-2,7H,3-6,8H2. The molecular weight excluding hydrogens is 278 g/mol. The van der Waals surface area contributed by atoms with Crippen LogP contribution in [0.2, 0.25) is 5.02 Å². The molecule has 0 atom stereocenters. The molecule has 1 saturated heterocycles. The number of rotatable bonds is 3. The van der Waals surface area contributed by atoms with Crippen LogP contribution in [0.3, 0.4) is 0 Å². The summed E-state index contributed by atoms with van der Waals surface area (Å²) >= 11 is 11.1. The van der Waals surface area contributed by atoms with E-state index in [-0.39, 0.29) is 17.6 Å². The van der Waals surface area contributed by atoms with Crippen molar-refractivity contribution in [3.05, 3.63) is 29.0 Å². The predicted molar refractivity (Wildman–Crippen MR) is 70.9 cm³/mol. The van der Waals surface area contributed by atoms with E-state index >= 15 is 0 Å². The molecule has 0 N–H and O–H groups in total. The van der Waals surface area contributed by atoms with E-state index in [4.69, 9.17) is 23.2 Å². The minimum absolute atomic E-state index is 0.249. The molecule has 3 nitrogen and oxygen atoms in total. The van der Waals surface area contributed by atoms with Crippen LogP contribution in [0.1, 0.15) is 0 Å². The molecule has 1 aromatic carbocycles. The average Bonchev–Trinajstić information content (AvgIpc) is 2.30. The second kappa shape index (κ2) is 5.87. The first kappa shape index (κ1) is 13.6. The molecule has 0 bridgehead atoms. The van der Waals surface area contributed by atoms with Crippen molar-refractivity contribution in [2.24, 2.45) is 0 Å². The van der Waals surface area contributed by atoms with Gasteiger partial charge in [0.25, 0.3) is 0 Å². The monoisotopic (exact) mass is 290 g/mol. The molecule has 0 saturated carbocycles. The second-order valence-corrected chi connectivity index (χ2v) is 5.07. The number of hydrogen-bond donors (Lipinski definition) is 0. The summed E-state index contributed by atoms with van der Waals surface area (Å²) in [6.45, 7) is 2.98. The maximum Gasteiger partial charge on any atom is 0.235 e. The highest BCUT2D eigenvalue weighted by molar-refractivity contribution is 6.64. The van der Waals surface area contributed by atoms with Gasteiger partial charge in [0.05, 0.1) is 12.2 Å². The summed E-state index contributed by atoms with van der Waals surface area (Å²) in [4.78, 5) is 14.7. The first-order valence-corrected chi connectivity index (χ1v) is 6.42. The summed E-state index contributed by atoms with van der Waals surface area (Å²) < 4.78 is 13.7. The maximum absolute atomic E-state index is 13.7. The van der Waals surface area contributed by atoms with Crippen molar-refractivity contribution in [3.8, 4) is 0 Å². The van der Waals surface area contributed by atoms with Gasteiger partial charge in [-0.05, 0) is 29.8 Å². The topological polar surface area (TPSA) is 23.6 Å². The highest BCUT2D eigenvalue weighted by Gasteiger charge is 2.20. The highest BCUT2D eigenvalue weighted by atomic mass is 35.5. The Kier molecular flexibility index (Phi) is 4.43. The van der Waals surface area contributed by atoms with Gasteiger partial charge in [0.2, 0.25) is 5.24 Å². The molecule has 1 heterocycles. The molecule has 0 amide bonds. The summed E-state index contributed by atoms with van der Waals surface area (Å²) in [5.41, 5.74) is 0.552. The Morgan fingerprint density at radius 3 is 2.50 bits per heavy atom. The Morgan fingerprint density at radius 2 is 1.94 bits per heavy atom. The zero-order valence-electron chi connectivity index (χ0n) is 9.70. The van der Waals surface area contributed by atoms with E-state index in [1.165, 1.54) is 6.07 Å². The van der Waals surface area contributed by atoms with Crippen molar-refractivity contribution in [3.63, 3.8) is 0 Å². The van der Waals surface area contributed by atoms with Crippen molar-refractivity contribution in [2.75, 3.05) is 37.6 Å². The van der Waals surface area contributed by atoms with Gasteiger partial charge in [-0.1, -0.05) is 11.6 Å². The van der Waals surface area contributed by atoms with Gasteiger partial charge in [-0.25, -0.2) is 4.39 Å². The smallest absolute Gasteiger partial charge is 0.235 e. The minimum atomic E-state index is -0.360. The Balaban J connectivity index is 1.99. The zero-order valence-corrected chi connectivity index (χ0v) is 11.2. The number of anilines is 1. The molecule has 0 aromatic heterocycles. The van der Waals surface area contributed by atoms with Crippen LogP contribution < -0.4 is 4.90 Å². The summed E-state index contributed by atoms with van der Waals surface area (Å²) in [6.07, 6.45) is 0. The number of nitrogens with zero attached hydrogens (tertiary/aromatic N) is 2. The van der Waals surface area contributed by atoms with E-state index in [9.17, 15) is 9.18 Å². The summed E-state index contributed by atoms with van der Waals surface area (Å²) in [5, 5.41) is 0.0312. The van der Waals surface area contributed by atoms with E-state index in [1.54, 1.807) is 12.1 Å². The third kappa shape index (κ3) is 3.34. The average molecular weight is 291 g/mol. The van der Waals surface area contributed by atoms with E-state index < -0.39 is 0 Å². The normalized spacial score (nSPS) is 16.9. The molecule has 6 heteroatoms. The summed E-state index contributed by atoms with van der Waals surface area (Å²) in [5.74, 6) is -0.315. The lowest BCUT2D eigenvalue weighted by molar-refractivity contribution is -0.112. The van der Waals surface area contributed by atoms with Gasteiger partial charge in [-0.2, -0.15) is 0 Å². The van der Waals surface area contributed by atoms with Gasteiger partial charge < -0.3 is 4.90 Å². The third-order valence-corrected chi connectivity index (χ3v) is 3.33. The van der Waals surface area contributed by atoms with Crippen LogP contribution >= 0.6 is 23.2 Å². The zero-order chi connectivity index (χ0) is 13.1. The lowest BCUT2D eigenvalue weighted by Crippen LogP contribution is -2.47. The van der Waals surface area contributed by atoms with Crippen molar-refractivity contribution in [1.82, 2.24) is 4.90 Å². The lowest BCUT2D eigenvalue weighted by Gasteiger charge is -2.35. The van der Waals surface area contributed by atoms with E-state index in [0.717, 1.165) is 0 Å². The largest absolute Gasteiger partial charge is 0.367 e. The van der Waals surface area contributed by atoms with Crippen LogP contribution in [0.15, 0.2) is 18.2 Å². The van der Waals surface area contributed by atoms with Crippen LogP contribution in [-0.4, -0.2) is 42.9 Å². The molecule has 18 heavy (non-hydrogen) atoms. The molecule has 0 spiro atoms. The summed E-state index contributed by atoms with van der Waals surface area (Å²) in [7, 11) is 0. The molecule has 1 aliphatic heterocycles. The molecule has 0 aliphatic carbocycles. The first-order chi connectivity index (χ1) is 8.56. The van der Waals surface area contributed by atoms with Gasteiger partial charge in [0.1, 0.15) is 5.82 Å². The molecule has 1 aliphatic rings. The first-order valence-electron chi connectivity index (χ1n) is 5.67. The second-order valence-electron chi connectivity index (χ2n) is 4.21. The molecule has 1 fully saturated rings. The Hall–Kier alpha value is -0.840. The fourth-order valence-corrected chi connectivity index (χ4v) is 2.39. The van der Waals surface area contributed by atoms with Gasteiger partial charge in [-0.15, -0.1) is 0 Å². The Bertz CT molecular complexity index is 448. The van der Waals surface area contributed by atoms with Crippen molar-refractivity contribution in [2.45, 2.75) is 0 Å². The van der Waals surface area contributed by atoms with Gasteiger partial charge >= 0.3 is 0 Å². The fourth-order valence-electron chi connectivity index (χ4n) is 2.06. The number of halogens is 3. The maximum atomic E-state index is 13.7. The molecule has 0 radical (unpaired) electrons. The number of benzene rings is 1.